The average Bonchev–Trinajstić information content (AvgIpc) is 2.85. The van der Waals surface area contributed by atoms with E-state index in [-0.39, 0.29) is 12.6 Å². The zero-order valence-electron chi connectivity index (χ0n) is 8.85. The van der Waals surface area contributed by atoms with E-state index >= 15 is 0 Å². The summed E-state index contributed by atoms with van der Waals surface area (Å²) in [6, 6.07) is 0.0873. The first-order valence-electron chi connectivity index (χ1n) is 5.18. The van der Waals surface area contributed by atoms with Crippen molar-refractivity contribution in [1.29, 1.82) is 0 Å². The minimum absolute atomic E-state index is 0.0873. The number of rotatable bonds is 7. The van der Waals surface area contributed by atoms with E-state index < -0.39 is 12.5 Å². The van der Waals surface area contributed by atoms with Crippen LogP contribution in [0.3, 0.4) is 0 Å². The number of hydrogen-bond donors (Lipinski definition) is 1. The van der Waals surface area contributed by atoms with Crippen LogP contribution in [0.1, 0.15) is 26.7 Å². The van der Waals surface area contributed by atoms with E-state index in [4.69, 9.17) is 4.74 Å². The van der Waals surface area contributed by atoms with Crippen LogP contribution >= 0.6 is 0 Å². The zero-order chi connectivity index (χ0) is 10.6. The molecule has 0 bridgehead atoms. The molecule has 0 unspecified atom stereocenters. The molecule has 1 rings (SSSR count). The van der Waals surface area contributed by atoms with Gasteiger partial charge in [-0.15, -0.1) is 0 Å². The minimum atomic E-state index is -2.74. The number of nitrogens with one attached hydrogen (secondary N) is 1. The van der Waals surface area contributed by atoms with Gasteiger partial charge in [-0.1, -0.05) is 13.8 Å². The van der Waals surface area contributed by atoms with E-state index in [1.807, 2.05) is 13.8 Å². The molecule has 1 fully saturated rings. The van der Waals surface area contributed by atoms with Crippen molar-refractivity contribution in [3.8, 4) is 0 Å². The number of hydrogen-bond acceptors (Lipinski definition) is 2. The van der Waals surface area contributed by atoms with Gasteiger partial charge in [0.15, 0.2) is 0 Å². The Balaban J connectivity index is 2.05. The van der Waals surface area contributed by atoms with Gasteiger partial charge in [-0.3, -0.25) is 0 Å². The number of ether oxygens (including phenoxy) is 1. The molecule has 0 atom stereocenters. The Labute approximate surface area is 84.0 Å². The van der Waals surface area contributed by atoms with Crippen molar-refractivity contribution in [2.75, 3.05) is 19.8 Å². The first-order chi connectivity index (χ1) is 6.49. The van der Waals surface area contributed by atoms with E-state index in [1.54, 1.807) is 0 Å². The van der Waals surface area contributed by atoms with Crippen molar-refractivity contribution in [2.24, 2.45) is 5.92 Å². The zero-order valence-corrected chi connectivity index (χ0v) is 8.85. The van der Waals surface area contributed by atoms with Gasteiger partial charge in [0, 0.05) is 12.6 Å². The molecule has 1 saturated carbocycles. The lowest BCUT2D eigenvalue weighted by Crippen LogP contribution is -2.39. The quantitative estimate of drug-likeness (QED) is 0.690. The summed E-state index contributed by atoms with van der Waals surface area (Å²) >= 11 is 0. The van der Waals surface area contributed by atoms with Crippen LogP contribution in [-0.2, 0) is 4.74 Å². The normalized spacial score (nSPS) is 17.8. The highest BCUT2D eigenvalue weighted by atomic mass is 19.3. The van der Waals surface area contributed by atoms with Crippen LogP contribution in [0.4, 0.5) is 8.78 Å². The van der Waals surface area contributed by atoms with Gasteiger partial charge in [0.05, 0.1) is 6.54 Å². The largest absolute Gasteiger partial charge is 0.375 e. The summed E-state index contributed by atoms with van der Waals surface area (Å²) in [6.07, 6.45) is 2.27. The third-order valence-corrected chi connectivity index (χ3v) is 2.13. The summed E-state index contributed by atoms with van der Waals surface area (Å²) in [5.41, 5.74) is 0. The summed E-state index contributed by atoms with van der Waals surface area (Å²) < 4.78 is 31.1. The van der Waals surface area contributed by atoms with Gasteiger partial charge in [-0.25, -0.2) is 8.78 Å². The molecular weight excluding hydrogens is 188 g/mol. The second-order valence-corrected chi connectivity index (χ2v) is 4.35. The number of halogens is 2. The molecule has 14 heavy (non-hydrogen) atoms. The molecule has 0 amide bonds. The molecule has 84 valence electrons. The van der Waals surface area contributed by atoms with Gasteiger partial charge in [-0.2, -0.15) is 0 Å². The van der Waals surface area contributed by atoms with Gasteiger partial charge in [0.25, 0.3) is 5.92 Å². The molecule has 0 aromatic rings. The average molecular weight is 207 g/mol. The lowest BCUT2D eigenvalue weighted by atomic mass is 10.3. The highest BCUT2D eigenvalue weighted by molar-refractivity contribution is 4.74. The van der Waals surface area contributed by atoms with Gasteiger partial charge in [-0.05, 0) is 18.8 Å². The molecule has 0 aliphatic heterocycles. The summed E-state index contributed by atoms with van der Waals surface area (Å²) in [4.78, 5) is 0. The second kappa shape index (κ2) is 5.03. The summed E-state index contributed by atoms with van der Waals surface area (Å²) in [7, 11) is 0. The monoisotopic (exact) mass is 207 g/mol. The van der Waals surface area contributed by atoms with Gasteiger partial charge < -0.3 is 10.1 Å². The minimum Gasteiger partial charge on any atom is -0.375 e. The number of alkyl halides is 2. The first-order valence-corrected chi connectivity index (χ1v) is 5.18. The van der Waals surface area contributed by atoms with Crippen LogP contribution in [0.25, 0.3) is 0 Å². The van der Waals surface area contributed by atoms with Crippen LogP contribution < -0.4 is 5.32 Å². The summed E-state index contributed by atoms with van der Waals surface area (Å²) in [5.74, 6) is -2.19. The predicted molar refractivity (Wildman–Crippen MR) is 51.6 cm³/mol. The summed E-state index contributed by atoms with van der Waals surface area (Å²) in [6.45, 7) is 3.44. The SMILES string of the molecule is CC(C)NCC(F)(F)COCC1CC1. The molecule has 0 saturated heterocycles. The Morgan fingerprint density at radius 1 is 1.43 bits per heavy atom. The maximum absolute atomic E-state index is 13.1. The fraction of sp³-hybridized carbons (Fsp3) is 1.00. The van der Waals surface area contributed by atoms with E-state index in [2.05, 4.69) is 5.32 Å². The predicted octanol–water partition coefficient (Wildman–Crippen LogP) is 2.05. The van der Waals surface area contributed by atoms with E-state index in [0.717, 1.165) is 12.8 Å². The van der Waals surface area contributed by atoms with Crippen LogP contribution in [-0.4, -0.2) is 31.7 Å². The maximum atomic E-state index is 13.1. The first kappa shape index (κ1) is 11.9. The lowest BCUT2D eigenvalue weighted by Gasteiger charge is -2.18. The lowest BCUT2D eigenvalue weighted by molar-refractivity contribution is -0.0774. The van der Waals surface area contributed by atoms with Gasteiger partial charge >= 0.3 is 0 Å². The highest BCUT2D eigenvalue weighted by Crippen LogP contribution is 2.29. The fourth-order valence-electron chi connectivity index (χ4n) is 1.06. The van der Waals surface area contributed by atoms with Gasteiger partial charge in [0.2, 0.25) is 0 Å². The standard InChI is InChI=1S/C10H19F2NO/c1-8(2)13-6-10(11,12)7-14-5-9-3-4-9/h8-9,13H,3-7H2,1-2H3. The van der Waals surface area contributed by atoms with Crippen LogP contribution in [0.15, 0.2) is 0 Å². The van der Waals surface area contributed by atoms with Crippen molar-refractivity contribution in [2.45, 2.75) is 38.7 Å². The van der Waals surface area contributed by atoms with E-state index in [9.17, 15) is 8.78 Å². The van der Waals surface area contributed by atoms with Crippen molar-refractivity contribution in [1.82, 2.24) is 5.32 Å². The molecule has 1 aliphatic rings. The molecule has 0 aromatic carbocycles. The smallest absolute Gasteiger partial charge is 0.283 e. The third kappa shape index (κ3) is 5.50. The van der Waals surface area contributed by atoms with Crippen molar-refractivity contribution in [3.63, 3.8) is 0 Å². The molecule has 2 nitrogen and oxygen atoms in total. The van der Waals surface area contributed by atoms with Crippen molar-refractivity contribution >= 4 is 0 Å². The Bertz CT molecular complexity index is 170. The summed E-state index contributed by atoms with van der Waals surface area (Å²) in [5, 5.41) is 2.71. The molecule has 1 aliphatic carbocycles. The molecule has 0 spiro atoms. The van der Waals surface area contributed by atoms with E-state index in [0.29, 0.717) is 12.5 Å². The second-order valence-electron chi connectivity index (χ2n) is 4.35. The molecule has 1 N–H and O–H groups in total. The topological polar surface area (TPSA) is 21.3 Å². The fourth-order valence-corrected chi connectivity index (χ4v) is 1.06. The van der Waals surface area contributed by atoms with Crippen LogP contribution in [0.5, 0.6) is 0 Å². The molecule has 0 radical (unpaired) electrons. The molecule has 0 heterocycles. The molecular formula is C10H19F2NO. The Morgan fingerprint density at radius 3 is 2.57 bits per heavy atom. The Kier molecular flexibility index (Phi) is 4.26. The van der Waals surface area contributed by atoms with Crippen LogP contribution in [0.2, 0.25) is 0 Å². The third-order valence-electron chi connectivity index (χ3n) is 2.13. The highest BCUT2D eigenvalue weighted by Gasteiger charge is 2.30. The molecule has 4 heteroatoms. The van der Waals surface area contributed by atoms with Crippen molar-refractivity contribution < 1.29 is 13.5 Å². The Morgan fingerprint density at radius 2 is 2.07 bits per heavy atom. The van der Waals surface area contributed by atoms with Gasteiger partial charge in [0.1, 0.15) is 6.61 Å². The Hall–Kier alpha value is -0.220. The van der Waals surface area contributed by atoms with Crippen LogP contribution in [0, 0.1) is 5.92 Å². The van der Waals surface area contributed by atoms with E-state index in [1.165, 1.54) is 0 Å². The van der Waals surface area contributed by atoms with Crippen molar-refractivity contribution in [3.05, 3.63) is 0 Å². The maximum Gasteiger partial charge on any atom is 0.283 e. The molecule has 0 aromatic heterocycles.